The predicted molar refractivity (Wildman–Crippen MR) is 59.1 cm³/mol. The zero-order valence-electron chi connectivity index (χ0n) is 9.29. The van der Waals surface area contributed by atoms with Crippen LogP contribution in [0.1, 0.15) is 18.4 Å². The number of carboxylic acids is 1. The molecule has 1 amide bonds. The standard InChI is InChI=1S/C12H12FNO3/c1-7-8(13)3-2-4-9(7)14-10(15)12(5-6-12)11(16)17/h2-4H,5-6H2,1H3,(H,14,15)(H,16,17). The molecule has 0 atom stereocenters. The van der Waals surface area contributed by atoms with Crippen LogP contribution in [-0.2, 0) is 9.59 Å². The SMILES string of the molecule is Cc1c(F)cccc1NC(=O)C1(C(=O)O)CC1. The maximum Gasteiger partial charge on any atom is 0.319 e. The van der Waals surface area contributed by atoms with Crippen molar-refractivity contribution in [1.29, 1.82) is 0 Å². The van der Waals surface area contributed by atoms with Crippen LogP contribution in [0.4, 0.5) is 10.1 Å². The molecule has 0 heterocycles. The Balaban J connectivity index is 2.20. The second kappa shape index (κ2) is 3.84. The zero-order chi connectivity index (χ0) is 12.6. The Morgan fingerprint density at radius 1 is 1.41 bits per heavy atom. The molecule has 1 aromatic rings. The summed E-state index contributed by atoms with van der Waals surface area (Å²) in [5.74, 6) is -2.12. The van der Waals surface area contributed by atoms with E-state index in [2.05, 4.69) is 5.32 Å². The molecule has 1 saturated carbocycles. The molecule has 1 fully saturated rings. The number of carbonyl (C=O) groups is 2. The van der Waals surface area contributed by atoms with Gasteiger partial charge in [-0.25, -0.2) is 4.39 Å². The largest absolute Gasteiger partial charge is 0.480 e. The van der Waals surface area contributed by atoms with Gasteiger partial charge < -0.3 is 10.4 Å². The van der Waals surface area contributed by atoms with Crippen molar-refractivity contribution < 1.29 is 19.1 Å². The first kappa shape index (κ1) is 11.6. The van der Waals surface area contributed by atoms with Crippen LogP contribution in [0, 0.1) is 18.2 Å². The lowest BCUT2D eigenvalue weighted by Gasteiger charge is -2.12. The number of benzene rings is 1. The number of amides is 1. The Kier molecular flexibility index (Phi) is 2.61. The Morgan fingerprint density at radius 2 is 2.06 bits per heavy atom. The number of halogens is 1. The molecule has 0 radical (unpaired) electrons. The van der Waals surface area contributed by atoms with E-state index in [1.54, 1.807) is 6.07 Å². The molecule has 5 heteroatoms. The predicted octanol–water partition coefficient (Wildman–Crippen LogP) is 1.94. The van der Waals surface area contributed by atoms with Crippen molar-refractivity contribution in [2.45, 2.75) is 19.8 Å². The molecule has 1 aromatic carbocycles. The van der Waals surface area contributed by atoms with Gasteiger partial charge in [-0.05, 0) is 31.9 Å². The first-order valence-electron chi connectivity index (χ1n) is 5.27. The highest BCUT2D eigenvalue weighted by Gasteiger charge is 2.57. The molecule has 90 valence electrons. The number of nitrogens with one attached hydrogen (secondary N) is 1. The summed E-state index contributed by atoms with van der Waals surface area (Å²) in [6.07, 6.45) is 0.672. The van der Waals surface area contributed by atoms with Crippen LogP contribution in [0.5, 0.6) is 0 Å². The van der Waals surface area contributed by atoms with Gasteiger partial charge in [-0.3, -0.25) is 9.59 Å². The van der Waals surface area contributed by atoms with E-state index in [0.29, 0.717) is 24.1 Å². The Hall–Kier alpha value is -1.91. The second-order valence-corrected chi connectivity index (χ2v) is 4.25. The topological polar surface area (TPSA) is 66.4 Å². The molecule has 0 aliphatic heterocycles. The minimum absolute atomic E-state index is 0.307. The number of carboxylic acid groups (broad SMARTS) is 1. The van der Waals surface area contributed by atoms with Gasteiger partial charge in [-0.2, -0.15) is 0 Å². The van der Waals surface area contributed by atoms with Crippen molar-refractivity contribution in [2.24, 2.45) is 5.41 Å². The first-order chi connectivity index (χ1) is 7.97. The van der Waals surface area contributed by atoms with E-state index >= 15 is 0 Å². The van der Waals surface area contributed by atoms with Crippen molar-refractivity contribution in [3.63, 3.8) is 0 Å². The molecule has 1 aliphatic carbocycles. The summed E-state index contributed by atoms with van der Waals surface area (Å²) in [6, 6.07) is 4.31. The number of anilines is 1. The molecular weight excluding hydrogens is 225 g/mol. The lowest BCUT2D eigenvalue weighted by atomic mass is 10.1. The molecule has 0 bridgehead atoms. The van der Waals surface area contributed by atoms with Crippen LogP contribution >= 0.6 is 0 Å². The van der Waals surface area contributed by atoms with Crippen LogP contribution in [0.15, 0.2) is 18.2 Å². The van der Waals surface area contributed by atoms with Gasteiger partial charge >= 0.3 is 5.97 Å². The van der Waals surface area contributed by atoms with Crippen LogP contribution in [-0.4, -0.2) is 17.0 Å². The van der Waals surface area contributed by atoms with Crippen LogP contribution in [0.25, 0.3) is 0 Å². The second-order valence-electron chi connectivity index (χ2n) is 4.25. The summed E-state index contributed by atoms with van der Waals surface area (Å²) in [4.78, 5) is 22.7. The summed E-state index contributed by atoms with van der Waals surface area (Å²) < 4.78 is 13.2. The number of rotatable bonds is 3. The molecule has 0 saturated heterocycles. The Bertz CT molecular complexity index is 495. The summed E-state index contributed by atoms with van der Waals surface area (Å²) >= 11 is 0. The Labute approximate surface area is 97.4 Å². The molecule has 1 aliphatic rings. The van der Waals surface area contributed by atoms with E-state index in [-0.39, 0.29) is 0 Å². The van der Waals surface area contributed by atoms with Gasteiger partial charge in [-0.1, -0.05) is 6.07 Å². The third-order valence-electron chi connectivity index (χ3n) is 3.11. The zero-order valence-corrected chi connectivity index (χ0v) is 9.29. The summed E-state index contributed by atoms with van der Waals surface area (Å²) in [5, 5.41) is 11.4. The molecule has 4 nitrogen and oxygen atoms in total. The van der Waals surface area contributed by atoms with Crippen LogP contribution < -0.4 is 5.32 Å². The molecule has 17 heavy (non-hydrogen) atoms. The van der Waals surface area contributed by atoms with Gasteiger partial charge in [0.1, 0.15) is 11.2 Å². The Morgan fingerprint density at radius 3 is 2.59 bits per heavy atom. The lowest BCUT2D eigenvalue weighted by Crippen LogP contribution is -2.31. The van der Waals surface area contributed by atoms with E-state index in [4.69, 9.17) is 5.11 Å². The van der Waals surface area contributed by atoms with Gasteiger partial charge in [0.25, 0.3) is 0 Å². The number of carbonyl (C=O) groups excluding carboxylic acids is 1. The van der Waals surface area contributed by atoms with Crippen LogP contribution in [0.3, 0.4) is 0 Å². The van der Waals surface area contributed by atoms with Gasteiger partial charge in [-0.15, -0.1) is 0 Å². The van der Waals surface area contributed by atoms with Gasteiger partial charge in [0.15, 0.2) is 0 Å². The third-order valence-corrected chi connectivity index (χ3v) is 3.11. The minimum atomic E-state index is -1.31. The molecule has 2 N–H and O–H groups in total. The average Bonchev–Trinajstić information content (AvgIpc) is 3.05. The fraction of sp³-hybridized carbons (Fsp3) is 0.333. The van der Waals surface area contributed by atoms with Gasteiger partial charge in [0.2, 0.25) is 5.91 Å². The first-order valence-corrected chi connectivity index (χ1v) is 5.27. The van der Waals surface area contributed by atoms with E-state index in [0.717, 1.165) is 0 Å². The fourth-order valence-corrected chi connectivity index (χ4v) is 1.65. The summed E-state index contributed by atoms with van der Waals surface area (Å²) in [7, 11) is 0. The maximum absolute atomic E-state index is 13.2. The highest BCUT2D eigenvalue weighted by molar-refractivity contribution is 6.11. The van der Waals surface area contributed by atoms with Gasteiger partial charge in [0, 0.05) is 11.3 Å². The summed E-state index contributed by atoms with van der Waals surface area (Å²) in [6.45, 7) is 1.53. The molecular formula is C12H12FNO3. The van der Waals surface area contributed by atoms with Crippen molar-refractivity contribution >= 4 is 17.6 Å². The number of aliphatic carboxylic acids is 1. The van der Waals surface area contributed by atoms with Crippen molar-refractivity contribution in [3.05, 3.63) is 29.6 Å². The van der Waals surface area contributed by atoms with E-state index in [1.165, 1.54) is 19.1 Å². The average molecular weight is 237 g/mol. The normalized spacial score (nSPS) is 16.4. The van der Waals surface area contributed by atoms with Crippen molar-refractivity contribution in [1.82, 2.24) is 0 Å². The summed E-state index contributed by atoms with van der Waals surface area (Å²) in [5.41, 5.74) is -0.678. The lowest BCUT2D eigenvalue weighted by molar-refractivity contribution is -0.147. The van der Waals surface area contributed by atoms with Crippen molar-refractivity contribution in [3.8, 4) is 0 Å². The molecule has 0 spiro atoms. The smallest absolute Gasteiger partial charge is 0.319 e. The molecule has 0 unspecified atom stereocenters. The fourth-order valence-electron chi connectivity index (χ4n) is 1.65. The third kappa shape index (κ3) is 1.88. The maximum atomic E-state index is 13.2. The minimum Gasteiger partial charge on any atom is -0.480 e. The molecule has 2 rings (SSSR count). The highest BCUT2D eigenvalue weighted by Crippen LogP contribution is 2.46. The van der Waals surface area contributed by atoms with Crippen molar-refractivity contribution in [2.75, 3.05) is 5.32 Å². The van der Waals surface area contributed by atoms with E-state index < -0.39 is 23.1 Å². The van der Waals surface area contributed by atoms with Crippen LogP contribution in [0.2, 0.25) is 0 Å². The van der Waals surface area contributed by atoms with E-state index in [9.17, 15) is 14.0 Å². The highest BCUT2D eigenvalue weighted by atomic mass is 19.1. The number of hydrogen-bond acceptors (Lipinski definition) is 2. The van der Waals surface area contributed by atoms with Gasteiger partial charge in [0.05, 0.1) is 0 Å². The quantitative estimate of drug-likeness (QED) is 0.789. The monoisotopic (exact) mass is 237 g/mol. The number of hydrogen-bond donors (Lipinski definition) is 2. The van der Waals surface area contributed by atoms with E-state index in [1.807, 2.05) is 0 Å². The molecule has 0 aromatic heterocycles.